The van der Waals surface area contributed by atoms with Crippen molar-refractivity contribution in [1.82, 2.24) is 0 Å². The molecule has 2 rings (SSSR count). The zero-order valence-corrected chi connectivity index (χ0v) is 17.3. The van der Waals surface area contributed by atoms with Crippen molar-refractivity contribution in [1.29, 1.82) is 10.8 Å². The second-order valence-corrected chi connectivity index (χ2v) is 6.05. The van der Waals surface area contributed by atoms with Gasteiger partial charge < -0.3 is 20.9 Å². The van der Waals surface area contributed by atoms with Crippen LogP contribution in [0.2, 0.25) is 0 Å². The number of nitrogen functional groups attached to an aromatic ring is 1. The van der Waals surface area contributed by atoms with E-state index in [4.69, 9.17) is 31.8 Å². The summed E-state index contributed by atoms with van der Waals surface area (Å²) in [5, 5.41) is 14.7. The predicted molar refractivity (Wildman–Crippen MR) is 119 cm³/mol. The van der Waals surface area contributed by atoms with Gasteiger partial charge in [0.1, 0.15) is 17.3 Å². The Bertz CT molecular complexity index is 739. The summed E-state index contributed by atoms with van der Waals surface area (Å²) in [6, 6.07) is 14.9. The van der Waals surface area contributed by atoms with E-state index in [2.05, 4.69) is 0 Å². The molecule has 0 aliphatic carbocycles. The van der Waals surface area contributed by atoms with Crippen molar-refractivity contribution in [2.24, 2.45) is 11.5 Å². The Balaban J connectivity index is 0.00000364. The van der Waals surface area contributed by atoms with E-state index >= 15 is 0 Å². The Morgan fingerprint density at radius 1 is 0.786 bits per heavy atom. The van der Waals surface area contributed by atoms with Gasteiger partial charge in [0.15, 0.2) is 0 Å². The van der Waals surface area contributed by atoms with Gasteiger partial charge in [-0.2, -0.15) is 0 Å². The van der Waals surface area contributed by atoms with E-state index in [-0.39, 0.29) is 36.5 Å². The Morgan fingerprint density at radius 3 is 1.96 bits per heavy atom. The highest BCUT2D eigenvalue weighted by atomic mass is 35.5. The fraction of sp³-hybridized carbons (Fsp3) is 0.300. The minimum Gasteiger partial charge on any atom is -0.494 e. The molecule has 0 bridgehead atoms. The van der Waals surface area contributed by atoms with Crippen LogP contribution in [-0.2, 0) is 6.42 Å². The molecule has 28 heavy (non-hydrogen) atoms. The lowest BCUT2D eigenvalue weighted by Crippen LogP contribution is -2.12. The number of nitrogens with one attached hydrogen (secondary N) is 2. The van der Waals surface area contributed by atoms with E-state index in [0.29, 0.717) is 25.2 Å². The van der Waals surface area contributed by atoms with E-state index in [1.807, 2.05) is 36.4 Å². The normalized spacial score (nSPS) is 9.57. The molecule has 6 N–H and O–H groups in total. The van der Waals surface area contributed by atoms with Gasteiger partial charge in [-0.25, -0.2) is 0 Å². The first kappa shape index (κ1) is 25.6. The van der Waals surface area contributed by atoms with Gasteiger partial charge in [-0.1, -0.05) is 24.3 Å². The first-order valence-electron chi connectivity index (χ1n) is 8.66. The summed E-state index contributed by atoms with van der Waals surface area (Å²) in [7, 11) is 0. The average molecular weight is 427 g/mol. The molecule has 0 radical (unpaired) electrons. The van der Waals surface area contributed by atoms with Crippen molar-refractivity contribution in [3.05, 3.63) is 59.7 Å². The molecule has 0 aliphatic rings. The van der Waals surface area contributed by atoms with Crippen LogP contribution in [0.5, 0.6) is 11.5 Å². The summed E-state index contributed by atoms with van der Waals surface area (Å²) in [5.74, 6) is 1.77. The van der Waals surface area contributed by atoms with Crippen LogP contribution in [-0.4, -0.2) is 24.9 Å². The first-order chi connectivity index (χ1) is 12.5. The summed E-state index contributed by atoms with van der Waals surface area (Å²) in [6.45, 7) is 1.28. The van der Waals surface area contributed by atoms with Gasteiger partial charge in [-0.05, 0) is 49.1 Å². The number of hydrogen-bond donors (Lipinski definition) is 4. The maximum Gasteiger partial charge on any atom is 0.122 e. The van der Waals surface area contributed by atoms with Crippen molar-refractivity contribution in [2.45, 2.75) is 25.7 Å². The molecule has 0 unspecified atom stereocenters. The molecule has 2 aromatic carbocycles. The number of amidine groups is 2. The van der Waals surface area contributed by atoms with Crippen LogP contribution in [0.4, 0.5) is 0 Å². The van der Waals surface area contributed by atoms with E-state index in [1.165, 1.54) is 0 Å². The van der Waals surface area contributed by atoms with Crippen molar-refractivity contribution >= 4 is 36.5 Å². The predicted octanol–water partition coefficient (Wildman–Crippen LogP) is 3.92. The summed E-state index contributed by atoms with van der Waals surface area (Å²) in [6.07, 6.45) is 3.36. The minimum absolute atomic E-state index is 0. The Hall–Kier alpha value is -2.44. The highest BCUT2D eigenvalue weighted by Crippen LogP contribution is 2.15. The molecular weight excluding hydrogens is 399 g/mol. The van der Waals surface area contributed by atoms with E-state index in [1.54, 1.807) is 12.1 Å². The zero-order valence-electron chi connectivity index (χ0n) is 15.6. The quantitative estimate of drug-likeness (QED) is 0.247. The molecule has 0 saturated heterocycles. The molecule has 2 aromatic rings. The van der Waals surface area contributed by atoms with E-state index in [9.17, 15) is 0 Å². The fourth-order valence-corrected chi connectivity index (χ4v) is 2.44. The molecule has 0 heterocycles. The number of rotatable bonds is 11. The van der Waals surface area contributed by atoms with Gasteiger partial charge in [0, 0.05) is 12.0 Å². The molecule has 0 fully saturated rings. The second kappa shape index (κ2) is 13.7. The van der Waals surface area contributed by atoms with E-state index in [0.717, 1.165) is 36.3 Å². The molecule has 0 spiro atoms. The Labute approximate surface area is 178 Å². The number of benzene rings is 2. The maximum atomic E-state index is 7.43. The van der Waals surface area contributed by atoms with Crippen LogP contribution >= 0.6 is 24.8 Å². The molecule has 154 valence electrons. The average Bonchev–Trinajstić information content (AvgIpc) is 2.62. The van der Waals surface area contributed by atoms with Crippen LogP contribution in [0.15, 0.2) is 48.5 Å². The SMILES string of the molecule is Cl.Cl.N=C(N)Cc1ccc(OCCCCCOc2cccc(C(=N)N)c2)cc1. The molecule has 0 atom stereocenters. The Kier molecular flexibility index (Phi) is 12.5. The van der Waals surface area contributed by atoms with Crippen LogP contribution in [0.1, 0.15) is 30.4 Å². The molecule has 0 aliphatic heterocycles. The molecule has 8 heteroatoms. The number of hydrogen-bond acceptors (Lipinski definition) is 4. The first-order valence-corrected chi connectivity index (χ1v) is 8.66. The number of halogens is 2. The minimum atomic E-state index is 0. The van der Waals surface area contributed by atoms with Gasteiger partial charge in [0.05, 0.1) is 19.0 Å². The Morgan fingerprint density at radius 2 is 1.39 bits per heavy atom. The zero-order chi connectivity index (χ0) is 18.8. The smallest absolute Gasteiger partial charge is 0.122 e. The highest BCUT2D eigenvalue weighted by molar-refractivity contribution is 5.95. The monoisotopic (exact) mass is 426 g/mol. The summed E-state index contributed by atoms with van der Waals surface area (Å²) in [5.41, 5.74) is 12.5. The summed E-state index contributed by atoms with van der Waals surface area (Å²) in [4.78, 5) is 0. The number of ether oxygens (including phenoxy) is 2. The fourth-order valence-electron chi connectivity index (χ4n) is 2.44. The second-order valence-electron chi connectivity index (χ2n) is 6.05. The van der Waals surface area contributed by atoms with Crippen LogP contribution < -0.4 is 20.9 Å². The van der Waals surface area contributed by atoms with Crippen molar-refractivity contribution in [2.75, 3.05) is 13.2 Å². The molecule has 6 nitrogen and oxygen atoms in total. The van der Waals surface area contributed by atoms with Gasteiger partial charge in [0.2, 0.25) is 0 Å². The van der Waals surface area contributed by atoms with Crippen LogP contribution in [0.3, 0.4) is 0 Å². The largest absolute Gasteiger partial charge is 0.494 e. The number of nitrogens with two attached hydrogens (primary N) is 2. The van der Waals surface area contributed by atoms with E-state index < -0.39 is 0 Å². The summed E-state index contributed by atoms with van der Waals surface area (Å²) >= 11 is 0. The van der Waals surface area contributed by atoms with Crippen molar-refractivity contribution in [3.63, 3.8) is 0 Å². The van der Waals surface area contributed by atoms with Crippen molar-refractivity contribution in [3.8, 4) is 11.5 Å². The molecule has 0 amide bonds. The lowest BCUT2D eigenvalue weighted by Gasteiger charge is -2.09. The molecule has 0 saturated carbocycles. The maximum absolute atomic E-state index is 7.43. The van der Waals surface area contributed by atoms with Gasteiger partial charge >= 0.3 is 0 Å². The third kappa shape index (κ3) is 9.48. The molecular formula is C20H28Cl2N4O2. The topological polar surface area (TPSA) is 118 Å². The lowest BCUT2D eigenvalue weighted by atomic mass is 10.1. The third-order valence-electron chi connectivity index (χ3n) is 3.79. The highest BCUT2D eigenvalue weighted by Gasteiger charge is 2.00. The van der Waals surface area contributed by atoms with Gasteiger partial charge in [0.25, 0.3) is 0 Å². The lowest BCUT2D eigenvalue weighted by molar-refractivity contribution is 0.279. The van der Waals surface area contributed by atoms with Crippen LogP contribution in [0, 0.1) is 10.8 Å². The van der Waals surface area contributed by atoms with Gasteiger partial charge in [-0.15, -0.1) is 24.8 Å². The van der Waals surface area contributed by atoms with Gasteiger partial charge in [-0.3, -0.25) is 10.8 Å². The van der Waals surface area contributed by atoms with Crippen LogP contribution in [0.25, 0.3) is 0 Å². The molecule has 0 aromatic heterocycles. The van der Waals surface area contributed by atoms with Crippen molar-refractivity contribution < 1.29 is 9.47 Å². The number of unbranched alkanes of at least 4 members (excludes halogenated alkanes) is 2. The standard InChI is InChI=1S/C20H26N4O2.2ClH/c21-19(22)13-15-7-9-17(10-8-15)25-11-2-1-3-12-26-18-6-4-5-16(14-18)20(23)24;;/h4-10,14H,1-3,11-13H2,(H3,21,22)(H3,23,24);2*1H. The summed E-state index contributed by atoms with van der Waals surface area (Å²) < 4.78 is 11.4. The third-order valence-corrected chi connectivity index (χ3v) is 3.79.